The van der Waals surface area contributed by atoms with E-state index in [2.05, 4.69) is 10.6 Å². The van der Waals surface area contributed by atoms with Crippen LogP contribution in [-0.4, -0.2) is 85.5 Å². The van der Waals surface area contributed by atoms with Gasteiger partial charge in [0.25, 0.3) is 23.6 Å². The minimum atomic E-state index is -1.31. The number of nitrogens with one attached hydrogen (secondary N) is 2. The highest BCUT2D eigenvalue weighted by molar-refractivity contribution is 6.45. The zero-order valence-corrected chi connectivity index (χ0v) is 57.0. The van der Waals surface area contributed by atoms with Gasteiger partial charge in [-0.1, -0.05) is 91.1 Å². The van der Waals surface area contributed by atoms with Crippen molar-refractivity contribution in [3.8, 4) is 46.0 Å². The third-order valence-corrected chi connectivity index (χ3v) is 18.6. The zero-order valence-electron chi connectivity index (χ0n) is 57.0. The van der Waals surface area contributed by atoms with Gasteiger partial charge in [0.2, 0.25) is 11.8 Å². The molecule has 16 heteroatoms. The Hall–Kier alpha value is -11.3. The third kappa shape index (κ3) is 11.4. The number of hydrogen-bond acceptors (Lipinski definition) is 12. The molecular formula is C81H76N6O10. The summed E-state index contributed by atoms with van der Waals surface area (Å²) in [6, 6.07) is 41.5. The van der Waals surface area contributed by atoms with E-state index in [0.29, 0.717) is 73.1 Å². The standard InChI is InChI=1S/C81H76N6O10/c1-15-17-59(77(89)83-51-24-28-53(29-25-51)85(13)14)87-80(92)56-40-66(96-62-32-20-44(5)36-48(62)9)72-70-64(94-60-30-18-42(3)34-46(60)7)38-54-68-55(79(91)86(78(54)90)58(16-2)76(88)82-50-22-26-52(27-23-50)84(11)12)39-65(95-61-31-19-43(4)35-47(61)8)71(74(68)70)73-67(41-57(81(87)93)69(56)75(72)73)97-63-33-21-45(6)37-49(63)10/h18-41,58-59H,15-17H2,1-14H3,(H,82,88)(H,83,89). The molecule has 0 spiro atoms. The number of hydrogen-bond donors (Lipinski definition) is 2. The van der Waals surface area contributed by atoms with Gasteiger partial charge in [0, 0.05) is 94.0 Å². The van der Waals surface area contributed by atoms with Crippen LogP contribution in [-0.2, 0) is 9.59 Å². The number of fused-ring (bicyclic) bond motifs is 2. The van der Waals surface area contributed by atoms with Crippen LogP contribution in [0.25, 0.3) is 43.1 Å². The highest BCUT2D eigenvalue weighted by Crippen LogP contribution is 2.58. The Morgan fingerprint density at radius 1 is 0.361 bits per heavy atom. The van der Waals surface area contributed by atoms with Gasteiger partial charge < -0.3 is 39.4 Å². The van der Waals surface area contributed by atoms with E-state index in [4.69, 9.17) is 18.9 Å². The average Bonchev–Trinajstić information content (AvgIpc) is 0.672. The Labute approximate surface area is 563 Å². The molecule has 0 fully saturated rings. The fourth-order valence-electron chi connectivity index (χ4n) is 13.8. The molecule has 2 N–H and O–H groups in total. The molecular weight excluding hydrogens is 1220 g/mol. The Balaban J connectivity index is 1.18. The molecule has 490 valence electrons. The number of benzene rings is 11. The number of carbonyl (C=O) groups is 6. The molecule has 2 unspecified atom stereocenters. The van der Waals surface area contributed by atoms with Gasteiger partial charge in [-0.25, -0.2) is 0 Å². The van der Waals surface area contributed by atoms with Crippen LogP contribution in [0.15, 0.2) is 146 Å². The summed E-state index contributed by atoms with van der Waals surface area (Å²) in [6.07, 6.45) is 0.593. The van der Waals surface area contributed by atoms with Crippen molar-refractivity contribution in [2.24, 2.45) is 0 Å². The van der Waals surface area contributed by atoms with Gasteiger partial charge >= 0.3 is 0 Å². The molecule has 2 aliphatic heterocycles. The number of nitrogens with zero attached hydrogens (tertiary/aromatic N) is 4. The van der Waals surface area contributed by atoms with E-state index in [-0.39, 0.29) is 68.9 Å². The monoisotopic (exact) mass is 1290 g/mol. The highest BCUT2D eigenvalue weighted by Gasteiger charge is 2.46. The molecule has 11 aromatic rings. The van der Waals surface area contributed by atoms with Crippen LogP contribution >= 0.6 is 0 Å². The van der Waals surface area contributed by atoms with Crippen LogP contribution in [0.4, 0.5) is 22.7 Å². The maximum Gasteiger partial charge on any atom is 0.262 e. The Bertz CT molecular complexity index is 4900. The number of ether oxygens (including phenoxy) is 4. The Morgan fingerprint density at radius 2 is 0.639 bits per heavy atom. The van der Waals surface area contributed by atoms with Crippen LogP contribution in [0.5, 0.6) is 46.0 Å². The van der Waals surface area contributed by atoms with Crippen LogP contribution < -0.4 is 39.4 Å². The normalized spacial score (nSPS) is 13.4. The van der Waals surface area contributed by atoms with Crippen molar-refractivity contribution in [2.45, 2.75) is 101 Å². The predicted octanol–water partition coefficient (Wildman–Crippen LogP) is 17.9. The first-order chi connectivity index (χ1) is 46.4. The molecule has 16 nitrogen and oxygen atoms in total. The summed E-state index contributed by atoms with van der Waals surface area (Å²) in [5.41, 5.74) is 9.88. The fourth-order valence-corrected chi connectivity index (χ4v) is 13.8. The second-order valence-electron chi connectivity index (χ2n) is 26.2. The summed E-state index contributed by atoms with van der Waals surface area (Å²) in [7, 11) is 7.67. The second-order valence-corrected chi connectivity index (χ2v) is 26.2. The molecule has 2 heterocycles. The predicted molar refractivity (Wildman–Crippen MR) is 384 cm³/mol. The van der Waals surface area contributed by atoms with Crippen LogP contribution in [0, 0.1) is 55.4 Å². The molecule has 0 radical (unpaired) electrons. The van der Waals surface area contributed by atoms with Crippen molar-refractivity contribution in [1.82, 2.24) is 9.80 Å². The van der Waals surface area contributed by atoms with Gasteiger partial charge in [-0.3, -0.25) is 38.6 Å². The summed E-state index contributed by atoms with van der Waals surface area (Å²) in [6.45, 7) is 19.2. The van der Waals surface area contributed by atoms with E-state index in [9.17, 15) is 4.79 Å². The summed E-state index contributed by atoms with van der Waals surface area (Å²) in [5.74, 6) is -1.88. The maximum atomic E-state index is 16.3. The maximum absolute atomic E-state index is 16.3. The van der Waals surface area contributed by atoms with E-state index >= 15 is 24.0 Å². The van der Waals surface area contributed by atoms with Gasteiger partial charge in [0.05, 0.1) is 22.3 Å². The molecule has 2 atom stereocenters. The first-order valence-corrected chi connectivity index (χ1v) is 32.7. The topological polar surface area (TPSA) is 176 Å². The molecule has 0 saturated carbocycles. The number of anilines is 4. The summed E-state index contributed by atoms with van der Waals surface area (Å²) >= 11 is 0. The number of imide groups is 2. The van der Waals surface area contributed by atoms with Gasteiger partial charge in [-0.15, -0.1) is 0 Å². The lowest BCUT2D eigenvalue weighted by Gasteiger charge is -2.35. The zero-order chi connectivity index (χ0) is 68.7. The number of aryl methyl sites for hydroxylation is 8. The van der Waals surface area contributed by atoms with Gasteiger partial charge in [0.1, 0.15) is 58.1 Å². The van der Waals surface area contributed by atoms with E-state index in [1.54, 1.807) is 55.5 Å². The number of amides is 6. The third-order valence-electron chi connectivity index (χ3n) is 18.6. The van der Waals surface area contributed by atoms with Crippen molar-refractivity contribution in [3.63, 3.8) is 0 Å². The summed E-state index contributed by atoms with van der Waals surface area (Å²) in [4.78, 5) is 101. The quantitative estimate of drug-likeness (QED) is 0.0446. The summed E-state index contributed by atoms with van der Waals surface area (Å²) < 4.78 is 29.3. The van der Waals surface area contributed by atoms with Crippen LogP contribution in [0.3, 0.4) is 0 Å². The number of carbonyl (C=O) groups excluding carboxylic acids is 6. The lowest BCUT2D eigenvalue weighted by Crippen LogP contribution is -2.52. The minimum absolute atomic E-state index is 0.0478. The molecule has 11 aromatic carbocycles. The van der Waals surface area contributed by atoms with E-state index in [0.717, 1.165) is 65.7 Å². The Kier molecular flexibility index (Phi) is 16.7. The fraction of sp³-hybridized carbons (Fsp3) is 0.235. The first-order valence-electron chi connectivity index (χ1n) is 32.7. The van der Waals surface area contributed by atoms with Crippen molar-refractivity contribution in [3.05, 3.63) is 212 Å². The van der Waals surface area contributed by atoms with Gasteiger partial charge in [0.15, 0.2) is 0 Å². The minimum Gasteiger partial charge on any atom is -0.456 e. The highest BCUT2D eigenvalue weighted by atomic mass is 16.5. The van der Waals surface area contributed by atoms with E-state index < -0.39 is 47.5 Å². The van der Waals surface area contributed by atoms with E-state index in [1.807, 2.05) is 197 Å². The smallest absolute Gasteiger partial charge is 0.262 e. The average molecular weight is 1290 g/mol. The lowest BCUT2D eigenvalue weighted by atomic mass is 9.80. The molecule has 97 heavy (non-hydrogen) atoms. The number of rotatable bonds is 19. The first kappa shape index (κ1) is 64.4. The second kappa shape index (κ2) is 25.1. The largest absolute Gasteiger partial charge is 0.456 e. The van der Waals surface area contributed by atoms with Gasteiger partial charge in [-0.05, 0) is 188 Å². The van der Waals surface area contributed by atoms with Crippen LogP contribution in [0.1, 0.15) is 119 Å². The van der Waals surface area contributed by atoms with Crippen molar-refractivity contribution >= 4 is 101 Å². The van der Waals surface area contributed by atoms with Crippen LogP contribution in [0.2, 0.25) is 0 Å². The van der Waals surface area contributed by atoms with E-state index in [1.165, 1.54) is 0 Å². The molecule has 2 aliphatic rings. The molecule has 0 aromatic heterocycles. The van der Waals surface area contributed by atoms with Crippen molar-refractivity contribution in [1.29, 1.82) is 0 Å². The van der Waals surface area contributed by atoms with Gasteiger partial charge in [-0.2, -0.15) is 0 Å². The molecule has 0 saturated heterocycles. The lowest BCUT2D eigenvalue weighted by molar-refractivity contribution is -0.120. The van der Waals surface area contributed by atoms with Crippen molar-refractivity contribution in [2.75, 3.05) is 48.6 Å². The SMILES string of the molecule is CCCC(C(=O)Nc1ccc(N(C)C)cc1)N1C(=O)c2cc(Oc3ccc(C)cc3C)c3c4c(Oc5ccc(C)cc5C)cc5c6c(cc(Oc7ccc(C)cc7C)c(c7c(Oc8ccc(C)cc8C)cc(c2c37)C1=O)c64)C(=O)N(C(CC)C(=O)Nc1ccc(N(C)C)cc1)C5=O. The molecule has 13 rings (SSSR count). The molecule has 0 bridgehead atoms. The molecule has 0 aliphatic carbocycles. The van der Waals surface area contributed by atoms with Crippen molar-refractivity contribution < 1.29 is 47.7 Å². The summed E-state index contributed by atoms with van der Waals surface area (Å²) in [5, 5.41) is 8.45. The molecule has 6 amide bonds. The Morgan fingerprint density at radius 3 is 0.897 bits per heavy atom.